The molecule has 1 amide bonds. The number of rotatable bonds is 22. The van der Waals surface area contributed by atoms with Crippen LogP contribution in [-0.2, 0) is 38.0 Å². The van der Waals surface area contributed by atoms with E-state index in [1.807, 2.05) is 0 Å². The Labute approximate surface area is 172 Å². The number of aldehydes is 1. The van der Waals surface area contributed by atoms with E-state index in [1.165, 1.54) is 0 Å². The molecule has 0 heterocycles. The number of hydrogen-bond donors (Lipinski definition) is 1. The Kier molecular flexibility index (Phi) is 20.7. The minimum atomic E-state index is -1.23. The van der Waals surface area contributed by atoms with Crippen LogP contribution < -0.4 is 5.32 Å². The van der Waals surface area contributed by atoms with Crippen LogP contribution in [0.25, 0.3) is 0 Å². The lowest BCUT2D eigenvalue weighted by molar-refractivity contribution is -0.124. The van der Waals surface area contributed by atoms with Gasteiger partial charge in [-0.05, 0) is 0 Å². The van der Waals surface area contributed by atoms with Gasteiger partial charge in [-0.2, -0.15) is 0 Å². The van der Waals surface area contributed by atoms with Gasteiger partial charge >= 0.3 is 0 Å². The van der Waals surface area contributed by atoms with E-state index >= 15 is 0 Å². The third-order valence-corrected chi connectivity index (χ3v) is 3.37. The van der Waals surface area contributed by atoms with Gasteiger partial charge in [0.1, 0.15) is 19.1 Å². The highest BCUT2D eigenvalue weighted by atomic mass is 19.1. The molecule has 0 fully saturated rings. The molecule has 1 atom stereocenters. The quantitative estimate of drug-likeness (QED) is 0.196. The highest BCUT2D eigenvalue weighted by Gasteiger charge is 2.11. The lowest BCUT2D eigenvalue weighted by Crippen LogP contribution is -2.35. The van der Waals surface area contributed by atoms with E-state index in [4.69, 9.17) is 28.4 Å². The van der Waals surface area contributed by atoms with Crippen molar-refractivity contribution in [3.63, 3.8) is 0 Å². The molecule has 9 nitrogen and oxygen atoms in total. The first-order valence-corrected chi connectivity index (χ1v) is 9.89. The predicted octanol–water partition coefficient (Wildman–Crippen LogP) is 0.395. The Morgan fingerprint density at radius 3 is 1.62 bits per heavy atom. The number of ether oxygens (including phenoxy) is 6. The van der Waals surface area contributed by atoms with E-state index in [2.05, 4.69) is 5.32 Å². The topological polar surface area (TPSA) is 102 Å². The van der Waals surface area contributed by atoms with Gasteiger partial charge in [-0.25, -0.2) is 4.39 Å². The van der Waals surface area contributed by atoms with Crippen molar-refractivity contribution in [3.8, 4) is 0 Å². The zero-order valence-corrected chi connectivity index (χ0v) is 17.6. The van der Waals surface area contributed by atoms with Crippen molar-refractivity contribution in [2.24, 2.45) is 5.92 Å². The van der Waals surface area contributed by atoms with Gasteiger partial charge in [-0.1, -0.05) is 13.8 Å². The summed E-state index contributed by atoms with van der Waals surface area (Å²) in [5.74, 6) is -0.336. The minimum Gasteiger partial charge on any atom is -0.377 e. The average Bonchev–Trinajstić information content (AvgIpc) is 2.71. The Morgan fingerprint density at radius 1 is 0.793 bits per heavy atom. The molecule has 0 aliphatic carbocycles. The second-order valence-electron chi connectivity index (χ2n) is 6.26. The normalized spacial score (nSPS) is 12.3. The molecule has 0 aromatic rings. The Balaban J connectivity index is 3.16. The number of amides is 1. The molecule has 172 valence electrons. The maximum Gasteiger partial charge on any atom is 0.222 e. The number of carbonyl (C=O) groups is 2. The van der Waals surface area contributed by atoms with Gasteiger partial charge in [0.15, 0.2) is 0 Å². The molecule has 0 saturated carbocycles. The standard InChI is InChI=1S/C19H36FNO8/c1-17(2)19(23)21-15-18(20)16-29-14-13-28-12-11-27-10-9-26-8-7-25-6-5-24-4-3-22/h3,17-18H,4-16H2,1-2H3,(H,21,23). The van der Waals surface area contributed by atoms with Crippen LogP contribution in [0.1, 0.15) is 13.8 Å². The third kappa shape index (κ3) is 21.4. The molecule has 1 N–H and O–H groups in total. The minimum absolute atomic E-state index is 0.0459. The van der Waals surface area contributed by atoms with Crippen molar-refractivity contribution in [1.82, 2.24) is 5.32 Å². The molecule has 29 heavy (non-hydrogen) atoms. The van der Waals surface area contributed by atoms with E-state index in [1.54, 1.807) is 13.8 Å². The number of halogens is 1. The van der Waals surface area contributed by atoms with Gasteiger partial charge in [-0.15, -0.1) is 0 Å². The summed E-state index contributed by atoms with van der Waals surface area (Å²) in [5.41, 5.74) is 0. The molecule has 0 bridgehead atoms. The van der Waals surface area contributed by atoms with Gasteiger partial charge in [-0.3, -0.25) is 4.79 Å². The van der Waals surface area contributed by atoms with Crippen LogP contribution in [0.3, 0.4) is 0 Å². The Bertz CT molecular complexity index is 387. The molecule has 10 heteroatoms. The van der Waals surface area contributed by atoms with Gasteiger partial charge in [0.25, 0.3) is 0 Å². The van der Waals surface area contributed by atoms with Crippen LogP contribution in [0.2, 0.25) is 0 Å². The first kappa shape index (κ1) is 27.8. The predicted molar refractivity (Wildman–Crippen MR) is 104 cm³/mol. The monoisotopic (exact) mass is 425 g/mol. The molecule has 0 rings (SSSR count). The maximum absolute atomic E-state index is 13.5. The summed E-state index contributed by atoms with van der Waals surface area (Å²) in [6, 6.07) is 0. The summed E-state index contributed by atoms with van der Waals surface area (Å²) in [5, 5.41) is 2.52. The van der Waals surface area contributed by atoms with Crippen molar-refractivity contribution in [2.45, 2.75) is 20.0 Å². The fraction of sp³-hybridized carbons (Fsp3) is 0.895. The van der Waals surface area contributed by atoms with Crippen LogP contribution in [0, 0.1) is 5.92 Å². The van der Waals surface area contributed by atoms with Crippen LogP contribution in [0.5, 0.6) is 0 Å². The molecule has 1 unspecified atom stereocenters. The third-order valence-electron chi connectivity index (χ3n) is 3.37. The second-order valence-corrected chi connectivity index (χ2v) is 6.26. The molecular weight excluding hydrogens is 389 g/mol. The molecule has 0 radical (unpaired) electrons. The smallest absolute Gasteiger partial charge is 0.222 e. The van der Waals surface area contributed by atoms with Crippen molar-refractivity contribution < 1.29 is 42.4 Å². The van der Waals surface area contributed by atoms with E-state index in [0.717, 1.165) is 0 Å². The Morgan fingerprint density at radius 2 is 1.21 bits per heavy atom. The van der Waals surface area contributed by atoms with Crippen LogP contribution in [-0.4, -0.2) is 104 Å². The highest BCUT2D eigenvalue weighted by molar-refractivity contribution is 5.77. The molecule has 0 saturated heterocycles. The second kappa shape index (κ2) is 21.5. The van der Waals surface area contributed by atoms with Crippen molar-refractivity contribution in [1.29, 1.82) is 0 Å². The van der Waals surface area contributed by atoms with Crippen molar-refractivity contribution >= 4 is 12.2 Å². The summed E-state index contributed by atoms with van der Waals surface area (Å²) in [4.78, 5) is 21.3. The van der Waals surface area contributed by atoms with Gasteiger partial charge < -0.3 is 38.5 Å². The molecule has 0 aromatic heterocycles. The SMILES string of the molecule is CC(C)C(=O)NCC(F)COCCOCCOCCOCCOCCOCC=O. The van der Waals surface area contributed by atoms with E-state index in [0.29, 0.717) is 65.7 Å². The molecule has 0 spiro atoms. The van der Waals surface area contributed by atoms with E-state index in [-0.39, 0.29) is 38.2 Å². The lowest BCUT2D eigenvalue weighted by Gasteiger charge is -2.12. The number of alkyl halides is 1. The first-order valence-electron chi connectivity index (χ1n) is 9.89. The summed E-state index contributed by atoms with van der Waals surface area (Å²) < 4.78 is 44.8. The number of hydrogen-bond acceptors (Lipinski definition) is 8. The zero-order chi connectivity index (χ0) is 21.6. The van der Waals surface area contributed by atoms with Gasteiger partial charge in [0, 0.05) is 5.92 Å². The fourth-order valence-electron chi connectivity index (χ4n) is 1.81. The van der Waals surface area contributed by atoms with Crippen LogP contribution in [0.15, 0.2) is 0 Å². The molecule has 0 aliphatic rings. The summed E-state index contributed by atoms with van der Waals surface area (Å²) in [6.07, 6.45) is -0.537. The molecule has 0 aromatic carbocycles. The maximum atomic E-state index is 13.5. The van der Waals surface area contributed by atoms with Crippen LogP contribution >= 0.6 is 0 Å². The zero-order valence-electron chi connectivity index (χ0n) is 17.6. The number of nitrogens with one attached hydrogen (secondary N) is 1. The van der Waals surface area contributed by atoms with Crippen LogP contribution in [0.4, 0.5) is 4.39 Å². The summed E-state index contributed by atoms with van der Waals surface area (Å²) in [7, 11) is 0. The summed E-state index contributed by atoms with van der Waals surface area (Å²) >= 11 is 0. The largest absolute Gasteiger partial charge is 0.377 e. The number of carbonyl (C=O) groups excluding carboxylic acids is 2. The van der Waals surface area contributed by atoms with E-state index < -0.39 is 6.17 Å². The van der Waals surface area contributed by atoms with E-state index in [9.17, 15) is 14.0 Å². The molecule has 0 aliphatic heterocycles. The van der Waals surface area contributed by atoms with Gasteiger partial charge in [0.2, 0.25) is 5.91 Å². The molecular formula is C19H36FNO8. The van der Waals surface area contributed by atoms with Crippen molar-refractivity contribution in [2.75, 3.05) is 85.8 Å². The highest BCUT2D eigenvalue weighted by Crippen LogP contribution is 1.94. The first-order chi connectivity index (χ1) is 14.1. The van der Waals surface area contributed by atoms with Gasteiger partial charge in [0.05, 0.1) is 79.2 Å². The van der Waals surface area contributed by atoms with Crippen molar-refractivity contribution in [3.05, 3.63) is 0 Å². The fourth-order valence-corrected chi connectivity index (χ4v) is 1.81. The Hall–Kier alpha value is -1.17. The average molecular weight is 425 g/mol. The summed E-state index contributed by atoms with van der Waals surface area (Å²) in [6.45, 7) is 7.58. The lowest BCUT2D eigenvalue weighted by atomic mass is 10.2.